The second-order valence-electron chi connectivity index (χ2n) is 3.89. The summed E-state index contributed by atoms with van der Waals surface area (Å²) in [5, 5.41) is 3.33. The highest BCUT2D eigenvalue weighted by molar-refractivity contribution is 7.80. The Hall–Kier alpha value is -2.29. The molecule has 2 N–H and O–H groups in total. The molecule has 0 amide bonds. The lowest BCUT2D eigenvalue weighted by Crippen LogP contribution is -2.23. The zero-order valence-corrected chi connectivity index (χ0v) is 11.4. The number of hydrogen-bond acceptors (Lipinski definition) is 4. The van der Waals surface area contributed by atoms with Gasteiger partial charge in [-0.05, 0) is 6.07 Å². The maximum Gasteiger partial charge on any atom is 0.352 e. The Morgan fingerprint density at radius 3 is 2.55 bits per heavy atom. The van der Waals surface area contributed by atoms with Gasteiger partial charge in [-0.15, -0.1) is 5.10 Å². The highest BCUT2D eigenvalue weighted by Gasteiger charge is 2.18. The quantitative estimate of drug-likeness (QED) is 0.835. The number of benzene rings is 1. The molecule has 0 atom stereocenters. The summed E-state index contributed by atoms with van der Waals surface area (Å²) >= 11 is 4.77. The second kappa shape index (κ2) is 5.00. The number of ether oxygens (including phenoxy) is 1. The molecule has 0 spiro atoms. The van der Waals surface area contributed by atoms with Crippen LogP contribution in [0.15, 0.2) is 16.9 Å². The first-order valence-electron chi connectivity index (χ1n) is 5.36. The molecule has 0 saturated heterocycles. The van der Waals surface area contributed by atoms with Crippen LogP contribution < -0.4 is 16.2 Å². The number of halogens is 2. The smallest absolute Gasteiger partial charge is 0.352 e. The number of thiocarbonyl (C=S) groups is 1. The second-order valence-corrected chi connectivity index (χ2v) is 4.33. The van der Waals surface area contributed by atoms with Gasteiger partial charge in [-0.3, -0.25) is 4.57 Å². The van der Waals surface area contributed by atoms with Gasteiger partial charge in [0.15, 0.2) is 0 Å². The Labute approximate surface area is 117 Å². The fourth-order valence-electron chi connectivity index (χ4n) is 1.64. The molecule has 0 fully saturated rings. The number of rotatable bonds is 3. The summed E-state index contributed by atoms with van der Waals surface area (Å²) in [7, 11) is 2.51. The standard InChI is InChI=1S/C11H10F2N4O2S/c1-16-10(13)15-17(11(16)18)7-4-8(19-2)5(9(14)20)3-6(7)12/h3-4H,1-2H3,(H2,14,20). The van der Waals surface area contributed by atoms with Crippen molar-refractivity contribution in [2.45, 2.75) is 0 Å². The van der Waals surface area contributed by atoms with E-state index in [0.29, 0.717) is 9.25 Å². The van der Waals surface area contributed by atoms with Gasteiger partial charge in [-0.1, -0.05) is 12.2 Å². The van der Waals surface area contributed by atoms with Crippen molar-refractivity contribution in [2.24, 2.45) is 12.8 Å². The van der Waals surface area contributed by atoms with E-state index in [0.717, 1.165) is 6.07 Å². The van der Waals surface area contributed by atoms with Crippen molar-refractivity contribution >= 4 is 17.2 Å². The minimum atomic E-state index is -1.04. The Morgan fingerprint density at radius 1 is 1.45 bits per heavy atom. The first-order valence-corrected chi connectivity index (χ1v) is 5.77. The van der Waals surface area contributed by atoms with Crippen LogP contribution in [0.2, 0.25) is 0 Å². The average molecular weight is 300 g/mol. The number of hydrogen-bond donors (Lipinski definition) is 1. The molecule has 0 saturated carbocycles. The summed E-state index contributed by atoms with van der Waals surface area (Å²) in [6, 6.07) is 2.19. The number of nitrogens with two attached hydrogens (primary N) is 1. The van der Waals surface area contributed by atoms with Crippen LogP contribution in [0.25, 0.3) is 5.69 Å². The maximum atomic E-state index is 14.0. The first kappa shape index (κ1) is 14.1. The van der Waals surface area contributed by atoms with Gasteiger partial charge in [-0.2, -0.15) is 9.07 Å². The van der Waals surface area contributed by atoms with Crippen LogP contribution in [-0.4, -0.2) is 26.4 Å². The van der Waals surface area contributed by atoms with E-state index in [1.165, 1.54) is 20.2 Å². The molecule has 0 radical (unpaired) electrons. The number of nitrogens with zero attached hydrogens (tertiary/aromatic N) is 3. The maximum absolute atomic E-state index is 14.0. The third kappa shape index (κ3) is 2.16. The van der Waals surface area contributed by atoms with Crippen LogP contribution in [0.5, 0.6) is 5.75 Å². The fraction of sp³-hybridized carbons (Fsp3) is 0.182. The molecule has 0 bridgehead atoms. The molecule has 6 nitrogen and oxygen atoms in total. The molecule has 0 aliphatic rings. The molecule has 2 aromatic rings. The van der Waals surface area contributed by atoms with Crippen LogP contribution >= 0.6 is 12.2 Å². The monoisotopic (exact) mass is 300 g/mol. The van der Waals surface area contributed by atoms with E-state index in [-0.39, 0.29) is 22.0 Å². The van der Waals surface area contributed by atoms with Crippen molar-refractivity contribution < 1.29 is 13.5 Å². The van der Waals surface area contributed by atoms with Crippen molar-refractivity contribution in [3.8, 4) is 11.4 Å². The van der Waals surface area contributed by atoms with E-state index >= 15 is 0 Å². The SMILES string of the molecule is COc1cc(-n2nc(F)n(C)c2=O)c(F)cc1C(N)=S. The average Bonchev–Trinajstić information content (AvgIpc) is 2.66. The van der Waals surface area contributed by atoms with Crippen LogP contribution in [0.1, 0.15) is 5.56 Å². The van der Waals surface area contributed by atoms with E-state index in [1.807, 2.05) is 0 Å². The Bertz CT molecular complexity index is 754. The summed E-state index contributed by atoms with van der Waals surface area (Å²) in [4.78, 5) is 11.7. The van der Waals surface area contributed by atoms with Crippen molar-refractivity contribution in [1.82, 2.24) is 14.3 Å². The third-order valence-electron chi connectivity index (χ3n) is 2.69. The van der Waals surface area contributed by atoms with E-state index in [9.17, 15) is 13.6 Å². The van der Waals surface area contributed by atoms with Gasteiger partial charge in [-0.25, -0.2) is 9.18 Å². The number of methoxy groups -OCH3 is 1. The van der Waals surface area contributed by atoms with Gasteiger partial charge in [0.1, 0.15) is 22.2 Å². The van der Waals surface area contributed by atoms with Gasteiger partial charge < -0.3 is 10.5 Å². The molecule has 0 unspecified atom stereocenters. The third-order valence-corrected chi connectivity index (χ3v) is 2.91. The topological polar surface area (TPSA) is 75.1 Å². The van der Waals surface area contributed by atoms with Crippen molar-refractivity contribution in [1.29, 1.82) is 0 Å². The Kier molecular flexibility index (Phi) is 3.53. The largest absolute Gasteiger partial charge is 0.496 e. The molecule has 0 aliphatic heterocycles. The van der Waals surface area contributed by atoms with Gasteiger partial charge in [0.2, 0.25) is 0 Å². The van der Waals surface area contributed by atoms with Crippen molar-refractivity contribution in [2.75, 3.05) is 7.11 Å². The van der Waals surface area contributed by atoms with Gasteiger partial charge in [0.05, 0.1) is 12.7 Å². The molecule has 2 rings (SSSR count). The van der Waals surface area contributed by atoms with Gasteiger partial charge >= 0.3 is 11.8 Å². The Balaban J connectivity index is 2.72. The number of aromatic nitrogens is 3. The molecule has 1 aromatic heterocycles. The van der Waals surface area contributed by atoms with E-state index in [1.54, 1.807) is 0 Å². The highest BCUT2D eigenvalue weighted by atomic mass is 32.1. The Morgan fingerprint density at radius 2 is 2.10 bits per heavy atom. The van der Waals surface area contributed by atoms with E-state index in [4.69, 9.17) is 22.7 Å². The summed E-state index contributed by atoms with van der Waals surface area (Å²) in [5.74, 6) is -0.666. The van der Waals surface area contributed by atoms with Crippen LogP contribution in [0.4, 0.5) is 8.78 Å². The lowest BCUT2D eigenvalue weighted by molar-refractivity contribution is 0.412. The summed E-state index contributed by atoms with van der Waals surface area (Å²) in [6.07, 6.45) is -1.04. The van der Waals surface area contributed by atoms with E-state index < -0.39 is 17.6 Å². The minimum absolute atomic E-state index is 0.0631. The minimum Gasteiger partial charge on any atom is -0.496 e. The van der Waals surface area contributed by atoms with Crippen molar-refractivity contribution in [3.05, 3.63) is 40.1 Å². The summed E-state index contributed by atoms with van der Waals surface area (Å²) in [5.41, 5.74) is 4.53. The molecule has 9 heteroatoms. The predicted molar refractivity (Wildman–Crippen MR) is 71.2 cm³/mol. The lowest BCUT2D eigenvalue weighted by Gasteiger charge is -2.10. The molecule has 1 aromatic carbocycles. The van der Waals surface area contributed by atoms with Crippen LogP contribution in [-0.2, 0) is 7.05 Å². The van der Waals surface area contributed by atoms with E-state index in [2.05, 4.69) is 5.10 Å². The fourth-order valence-corrected chi connectivity index (χ4v) is 1.80. The van der Waals surface area contributed by atoms with Gasteiger partial charge in [0, 0.05) is 13.1 Å². The van der Waals surface area contributed by atoms with Crippen LogP contribution in [0, 0.1) is 11.9 Å². The zero-order chi connectivity index (χ0) is 15.0. The molecular weight excluding hydrogens is 290 g/mol. The molecule has 106 valence electrons. The summed E-state index contributed by atoms with van der Waals surface area (Å²) < 4.78 is 33.5. The molecule has 1 heterocycles. The normalized spacial score (nSPS) is 10.6. The predicted octanol–water partition coefficient (Wildman–Crippen LogP) is 0.492. The molecule has 20 heavy (non-hydrogen) atoms. The van der Waals surface area contributed by atoms with Crippen LogP contribution in [0.3, 0.4) is 0 Å². The lowest BCUT2D eigenvalue weighted by atomic mass is 10.1. The summed E-state index contributed by atoms with van der Waals surface area (Å²) in [6.45, 7) is 0. The van der Waals surface area contributed by atoms with Crippen molar-refractivity contribution in [3.63, 3.8) is 0 Å². The molecular formula is C11H10F2N4O2S. The zero-order valence-electron chi connectivity index (χ0n) is 10.6. The first-order chi connectivity index (χ1) is 9.36. The molecule has 0 aliphatic carbocycles. The van der Waals surface area contributed by atoms with Gasteiger partial charge in [0.25, 0.3) is 0 Å². The highest BCUT2D eigenvalue weighted by Crippen LogP contribution is 2.24.